The number of aliphatic hydroxyl groups excluding tert-OH is 1. The van der Waals surface area contributed by atoms with Crippen molar-refractivity contribution in [2.75, 3.05) is 6.54 Å². The van der Waals surface area contributed by atoms with Crippen LogP contribution in [-0.4, -0.2) is 34.7 Å². The van der Waals surface area contributed by atoms with Crippen molar-refractivity contribution in [2.45, 2.75) is 105 Å². The van der Waals surface area contributed by atoms with Gasteiger partial charge in [-0.15, -0.1) is 0 Å². The molecule has 0 aromatic carbocycles. The van der Waals surface area contributed by atoms with E-state index >= 15 is 0 Å². The van der Waals surface area contributed by atoms with Crippen LogP contribution in [0.25, 0.3) is 0 Å². The third-order valence-corrected chi connectivity index (χ3v) is 11.7. The highest BCUT2D eigenvalue weighted by Gasteiger charge is 2.62. The molecule has 3 N–H and O–H groups in total. The van der Waals surface area contributed by atoms with Crippen LogP contribution in [0.4, 0.5) is 0 Å². The minimum absolute atomic E-state index is 0.0936. The molecule has 34 heavy (non-hydrogen) atoms. The zero-order valence-electron chi connectivity index (χ0n) is 22.2. The highest BCUT2D eigenvalue weighted by Crippen LogP contribution is 2.69. The van der Waals surface area contributed by atoms with Crippen LogP contribution in [0.15, 0.2) is 0 Å². The van der Waals surface area contributed by atoms with E-state index in [9.17, 15) is 14.7 Å². The lowest BCUT2D eigenvalue weighted by Gasteiger charge is -2.63. The lowest BCUT2D eigenvalue weighted by Crippen LogP contribution is -2.56. The third kappa shape index (κ3) is 4.44. The van der Waals surface area contributed by atoms with Crippen LogP contribution in [0, 0.1) is 58.2 Å². The maximum absolute atomic E-state index is 12.4. The molecule has 4 fully saturated rings. The Morgan fingerprint density at radius 1 is 0.971 bits per heavy atom. The van der Waals surface area contributed by atoms with E-state index in [2.05, 4.69) is 33.0 Å². The van der Waals surface area contributed by atoms with Crippen molar-refractivity contribution < 1.29 is 19.8 Å². The fraction of sp³-hybridized carbons (Fsp3) is 0.931. The van der Waals surface area contributed by atoms with Crippen molar-refractivity contribution in [3.63, 3.8) is 0 Å². The van der Waals surface area contributed by atoms with E-state index in [1.807, 2.05) is 6.92 Å². The van der Waals surface area contributed by atoms with Crippen LogP contribution in [0.5, 0.6) is 0 Å². The fourth-order valence-corrected chi connectivity index (χ4v) is 10.1. The van der Waals surface area contributed by atoms with E-state index in [0.29, 0.717) is 28.6 Å². The first kappa shape index (κ1) is 26.0. The van der Waals surface area contributed by atoms with Crippen LogP contribution in [0.1, 0.15) is 98.8 Å². The molecule has 0 bridgehead atoms. The number of nitrogens with one attached hydrogen (secondary N) is 1. The number of carbonyl (C=O) groups is 2. The number of carbonyl (C=O) groups excluding carboxylic acids is 1. The van der Waals surface area contributed by atoms with E-state index in [-0.39, 0.29) is 24.5 Å². The number of carboxylic acids is 1. The number of fused-ring (bicyclic) bond motifs is 5. The first-order valence-corrected chi connectivity index (χ1v) is 14.2. The molecule has 4 aliphatic carbocycles. The summed E-state index contributed by atoms with van der Waals surface area (Å²) in [6.45, 7) is 11.5. The van der Waals surface area contributed by atoms with Crippen LogP contribution < -0.4 is 5.32 Å². The van der Waals surface area contributed by atoms with E-state index in [1.165, 1.54) is 44.9 Å². The molecule has 4 unspecified atom stereocenters. The molecule has 0 aliphatic heterocycles. The molecule has 4 aliphatic rings. The van der Waals surface area contributed by atoms with Gasteiger partial charge in [0.1, 0.15) is 6.54 Å². The molecule has 0 radical (unpaired) electrons. The predicted octanol–water partition coefficient (Wildman–Crippen LogP) is 5.51. The van der Waals surface area contributed by atoms with Crippen molar-refractivity contribution >= 4 is 11.9 Å². The van der Waals surface area contributed by atoms with Crippen molar-refractivity contribution in [3.05, 3.63) is 0 Å². The highest BCUT2D eigenvalue weighted by molar-refractivity contribution is 5.82. The molecule has 1 amide bonds. The SMILES string of the molecule is CC[C@H]1CC2C(CC[C@@]3(C)C2CC[C@@H]3[C@H](C)C[C@H](C)C(=O)NCC(=O)O)[C@@]2(C)CC[C@@H](O)CC12. The Morgan fingerprint density at radius 3 is 2.32 bits per heavy atom. The molecule has 0 saturated heterocycles. The fourth-order valence-electron chi connectivity index (χ4n) is 10.1. The van der Waals surface area contributed by atoms with Crippen molar-refractivity contribution in [3.8, 4) is 0 Å². The Morgan fingerprint density at radius 2 is 1.65 bits per heavy atom. The minimum Gasteiger partial charge on any atom is -0.480 e. The van der Waals surface area contributed by atoms with E-state index < -0.39 is 5.97 Å². The number of rotatable bonds is 7. The maximum Gasteiger partial charge on any atom is 0.322 e. The number of carboxylic acid groups (broad SMARTS) is 1. The van der Waals surface area contributed by atoms with Crippen LogP contribution >= 0.6 is 0 Å². The Labute approximate surface area is 206 Å². The lowest BCUT2D eigenvalue weighted by molar-refractivity contribution is -0.153. The Bertz CT molecular complexity index is 769. The monoisotopic (exact) mass is 475 g/mol. The first-order chi connectivity index (χ1) is 16.0. The van der Waals surface area contributed by atoms with E-state index in [4.69, 9.17) is 5.11 Å². The van der Waals surface area contributed by atoms with Crippen molar-refractivity contribution in [1.82, 2.24) is 5.32 Å². The van der Waals surface area contributed by atoms with Gasteiger partial charge in [-0.05, 0) is 110 Å². The van der Waals surface area contributed by atoms with E-state index in [1.54, 1.807) is 0 Å². The summed E-state index contributed by atoms with van der Waals surface area (Å²) in [4.78, 5) is 23.2. The summed E-state index contributed by atoms with van der Waals surface area (Å²) in [6, 6.07) is 0. The molecule has 5 heteroatoms. The van der Waals surface area contributed by atoms with Gasteiger partial charge in [0.05, 0.1) is 6.10 Å². The topological polar surface area (TPSA) is 86.6 Å². The van der Waals surface area contributed by atoms with Gasteiger partial charge >= 0.3 is 5.97 Å². The maximum atomic E-state index is 12.4. The summed E-state index contributed by atoms with van der Waals surface area (Å²) in [5.74, 6) is 3.68. The number of aliphatic carboxylic acids is 1. The van der Waals surface area contributed by atoms with Gasteiger partial charge in [0.15, 0.2) is 0 Å². The number of hydrogen-bond donors (Lipinski definition) is 3. The summed E-state index contributed by atoms with van der Waals surface area (Å²) in [7, 11) is 0. The third-order valence-electron chi connectivity index (χ3n) is 11.7. The molecule has 194 valence electrons. The smallest absolute Gasteiger partial charge is 0.322 e. The molecule has 4 rings (SSSR count). The van der Waals surface area contributed by atoms with Crippen LogP contribution in [0.3, 0.4) is 0 Å². The predicted molar refractivity (Wildman–Crippen MR) is 134 cm³/mol. The van der Waals surface area contributed by atoms with Gasteiger partial charge in [-0.25, -0.2) is 0 Å². The zero-order valence-corrected chi connectivity index (χ0v) is 22.2. The molecular weight excluding hydrogens is 426 g/mol. The minimum atomic E-state index is -0.988. The second-order valence-corrected chi connectivity index (χ2v) is 13.3. The zero-order chi connectivity index (χ0) is 24.8. The number of amides is 1. The molecule has 0 spiro atoms. The number of aliphatic hydroxyl groups is 1. The molecule has 0 aromatic heterocycles. The van der Waals surface area contributed by atoms with E-state index in [0.717, 1.165) is 42.9 Å². The summed E-state index contributed by atoms with van der Waals surface area (Å²) in [5.41, 5.74) is 0.748. The van der Waals surface area contributed by atoms with Gasteiger partial charge in [0.25, 0.3) is 0 Å². The molecule has 0 heterocycles. The summed E-state index contributed by atoms with van der Waals surface area (Å²) < 4.78 is 0. The van der Waals surface area contributed by atoms with Crippen molar-refractivity contribution in [1.29, 1.82) is 0 Å². The molecular formula is C29H49NO4. The molecule has 11 atom stereocenters. The molecule has 4 saturated carbocycles. The van der Waals surface area contributed by atoms with Gasteiger partial charge in [0, 0.05) is 5.92 Å². The van der Waals surface area contributed by atoms with Gasteiger partial charge < -0.3 is 15.5 Å². The summed E-state index contributed by atoms with van der Waals surface area (Å²) in [5, 5.41) is 21.9. The largest absolute Gasteiger partial charge is 0.480 e. The Hall–Kier alpha value is -1.10. The first-order valence-electron chi connectivity index (χ1n) is 14.2. The van der Waals surface area contributed by atoms with Crippen LogP contribution in [-0.2, 0) is 9.59 Å². The standard InChI is InChI=1S/C29H49NO4/c1-6-19-14-21-23-8-7-22(17(2)13-18(3)27(34)30-16-26(32)33)28(23,4)12-10-24(21)29(5)11-9-20(31)15-25(19)29/h17-25,31H,6-16H2,1-5H3,(H,30,34)(H,32,33)/t17-,18+,19+,20-,21?,22-,23?,24?,25?,28-,29-/m1/s1. The van der Waals surface area contributed by atoms with Crippen molar-refractivity contribution in [2.24, 2.45) is 58.2 Å². The average molecular weight is 476 g/mol. The quantitative estimate of drug-likeness (QED) is 0.453. The number of hydrogen-bond acceptors (Lipinski definition) is 3. The summed E-state index contributed by atoms with van der Waals surface area (Å²) in [6.07, 6.45) is 11.7. The Balaban J connectivity index is 1.47. The molecule has 0 aromatic rings. The second-order valence-electron chi connectivity index (χ2n) is 13.3. The Kier molecular flexibility index (Phi) is 7.45. The lowest BCUT2D eigenvalue weighted by atomic mass is 9.42. The van der Waals surface area contributed by atoms with Gasteiger partial charge in [0.2, 0.25) is 5.91 Å². The average Bonchev–Trinajstić information content (AvgIpc) is 3.14. The summed E-state index contributed by atoms with van der Waals surface area (Å²) >= 11 is 0. The van der Waals surface area contributed by atoms with Gasteiger partial charge in [-0.3, -0.25) is 9.59 Å². The van der Waals surface area contributed by atoms with Crippen LogP contribution in [0.2, 0.25) is 0 Å². The molecule has 5 nitrogen and oxygen atoms in total. The second kappa shape index (κ2) is 9.75. The normalized spacial score (nSPS) is 45.4. The van der Waals surface area contributed by atoms with Gasteiger partial charge in [-0.1, -0.05) is 41.0 Å². The van der Waals surface area contributed by atoms with Gasteiger partial charge in [-0.2, -0.15) is 0 Å². The highest BCUT2D eigenvalue weighted by atomic mass is 16.4.